The van der Waals surface area contributed by atoms with E-state index in [0.29, 0.717) is 18.7 Å². The largest absolute Gasteiger partial charge is 0.300 e. The van der Waals surface area contributed by atoms with Crippen molar-refractivity contribution in [1.82, 2.24) is 9.21 Å². The molecule has 1 fully saturated rings. The lowest BCUT2D eigenvalue weighted by Crippen LogP contribution is -2.48. The minimum atomic E-state index is -3.54. The number of hydrogen-bond donors (Lipinski definition) is 0. The summed E-state index contributed by atoms with van der Waals surface area (Å²) >= 11 is 0. The van der Waals surface area contributed by atoms with Gasteiger partial charge in [0, 0.05) is 32.7 Å². The summed E-state index contributed by atoms with van der Waals surface area (Å²) < 4.78 is 40.4. The van der Waals surface area contributed by atoms with Gasteiger partial charge >= 0.3 is 0 Å². The van der Waals surface area contributed by atoms with Crippen molar-refractivity contribution in [3.05, 3.63) is 41.2 Å². The molecule has 0 bridgehead atoms. The van der Waals surface area contributed by atoms with Crippen molar-refractivity contribution in [3.8, 4) is 0 Å². The summed E-state index contributed by atoms with van der Waals surface area (Å²) in [5.41, 5.74) is 2.02. The summed E-state index contributed by atoms with van der Waals surface area (Å²) in [6.07, 6.45) is 8.51. The molecule has 25 heavy (non-hydrogen) atoms. The Morgan fingerprint density at radius 2 is 1.88 bits per heavy atom. The highest BCUT2D eigenvalue weighted by Gasteiger charge is 2.29. The summed E-state index contributed by atoms with van der Waals surface area (Å²) in [5.74, 6) is -0.404. The number of piperazine rings is 1. The lowest BCUT2D eigenvalue weighted by Gasteiger charge is -2.34. The molecule has 3 rings (SSSR count). The van der Waals surface area contributed by atoms with E-state index in [4.69, 9.17) is 0 Å². The maximum atomic E-state index is 13.2. The molecular weight excluding hydrogens is 339 g/mol. The van der Waals surface area contributed by atoms with Gasteiger partial charge in [0.25, 0.3) is 0 Å². The molecule has 0 radical (unpaired) electrons. The average Bonchev–Trinajstić information content (AvgIpc) is 2.61. The van der Waals surface area contributed by atoms with E-state index >= 15 is 0 Å². The van der Waals surface area contributed by atoms with Crippen LogP contribution >= 0.6 is 0 Å². The second-order valence-corrected chi connectivity index (χ2v) is 8.92. The first-order valence-corrected chi connectivity index (χ1v) is 10.6. The molecule has 0 atom stereocenters. The number of benzene rings is 1. The van der Waals surface area contributed by atoms with Crippen molar-refractivity contribution in [1.29, 1.82) is 0 Å². The van der Waals surface area contributed by atoms with Gasteiger partial charge in [0.2, 0.25) is 10.0 Å². The van der Waals surface area contributed by atoms with Gasteiger partial charge in [-0.15, -0.1) is 0 Å². The lowest BCUT2D eigenvalue weighted by molar-refractivity contribution is 0.189. The predicted molar refractivity (Wildman–Crippen MR) is 97.5 cm³/mol. The number of aryl methyl sites for hydroxylation is 1. The summed E-state index contributed by atoms with van der Waals surface area (Å²) in [6, 6.07) is 3.87. The van der Waals surface area contributed by atoms with E-state index in [1.54, 1.807) is 12.5 Å². The molecular formula is C19H27FN2O2S. The first kappa shape index (κ1) is 18.5. The van der Waals surface area contributed by atoms with Crippen molar-refractivity contribution in [2.45, 2.75) is 43.9 Å². The van der Waals surface area contributed by atoms with Crippen molar-refractivity contribution in [2.24, 2.45) is 0 Å². The predicted octanol–water partition coefficient (Wildman–Crippen LogP) is 3.33. The maximum absolute atomic E-state index is 13.2. The SMILES string of the molecule is Cc1cc(F)ccc1S(=O)(=O)N1CCN(CCC2=CCCCC2)CC1. The van der Waals surface area contributed by atoms with Crippen LogP contribution in [0.1, 0.15) is 37.7 Å². The highest BCUT2D eigenvalue weighted by Crippen LogP contribution is 2.23. The van der Waals surface area contributed by atoms with Gasteiger partial charge < -0.3 is 4.90 Å². The summed E-state index contributed by atoms with van der Waals surface area (Å²) in [7, 11) is -3.54. The second-order valence-electron chi connectivity index (χ2n) is 7.01. The van der Waals surface area contributed by atoms with Crippen LogP contribution in [0.15, 0.2) is 34.7 Å². The molecule has 1 aromatic rings. The molecule has 0 amide bonds. The Kier molecular flexibility index (Phi) is 5.92. The quantitative estimate of drug-likeness (QED) is 0.751. The van der Waals surface area contributed by atoms with Crippen LogP contribution in [0.3, 0.4) is 0 Å². The highest BCUT2D eigenvalue weighted by atomic mass is 32.2. The molecule has 1 heterocycles. The first-order valence-electron chi connectivity index (χ1n) is 9.13. The van der Waals surface area contributed by atoms with Crippen molar-refractivity contribution in [3.63, 3.8) is 0 Å². The molecule has 0 saturated carbocycles. The van der Waals surface area contributed by atoms with Crippen molar-refractivity contribution in [2.75, 3.05) is 32.7 Å². The van der Waals surface area contributed by atoms with Gasteiger partial charge in [-0.25, -0.2) is 12.8 Å². The van der Waals surface area contributed by atoms with Crippen LogP contribution in [0.4, 0.5) is 4.39 Å². The van der Waals surface area contributed by atoms with Gasteiger partial charge in [-0.2, -0.15) is 4.31 Å². The molecule has 4 nitrogen and oxygen atoms in total. The van der Waals surface area contributed by atoms with E-state index in [1.165, 1.54) is 48.2 Å². The Morgan fingerprint density at radius 1 is 1.12 bits per heavy atom. The van der Waals surface area contributed by atoms with Crippen LogP contribution < -0.4 is 0 Å². The highest BCUT2D eigenvalue weighted by molar-refractivity contribution is 7.89. The molecule has 0 unspecified atom stereocenters. The Bertz CT molecular complexity index is 738. The van der Waals surface area contributed by atoms with Gasteiger partial charge in [0.1, 0.15) is 5.82 Å². The number of halogens is 1. The zero-order valence-corrected chi connectivity index (χ0v) is 15.7. The molecule has 1 aliphatic carbocycles. The molecule has 1 aliphatic heterocycles. The minimum Gasteiger partial charge on any atom is -0.300 e. The molecule has 1 saturated heterocycles. The van der Waals surface area contributed by atoms with Crippen LogP contribution in [-0.2, 0) is 10.0 Å². The summed E-state index contributed by atoms with van der Waals surface area (Å²) in [6.45, 7) is 5.16. The standard InChI is InChI=1S/C19H27FN2O2S/c1-16-15-18(20)7-8-19(16)25(23,24)22-13-11-21(12-14-22)10-9-17-5-3-2-4-6-17/h5,7-8,15H,2-4,6,9-14H2,1H3. The Balaban J connectivity index is 1.56. The number of allylic oxidation sites excluding steroid dienone is 1. The van der Waals surface area contributed by atoms with E-state index in [0.717, 1.165) is 26.1 Å². The Hall–Kier alpha value is -1.24. The number of sulfonamides is 1. The fraction of sp³-hybridized carbons (Fsp3) is 0.579. The number of rotatable bonds is 5. The van der Waals surface area contributed by atoms with Crippen molar-refractivity contribution >= 4 is 10.0 Å². The molecule has 0 N–H and O–H groups in total. The van der Waals surface area contributed by atoms with Crippen LogP contribution in [0.25, 0.3) is 0 Å². The number of nitrogens with zero attached hydrogens (tertiary/aromatic N) is 2. The smallest absolute Gasteiger partial charge is 0.243 e. The van der Waals surface area contributed by atoms with Crippen LogP contribution in [0.5, 0.6) is 0 Å². The van der Waals surface area contributed by atoms with Gasteiger partial charge in [0.15, 0.2) is 0 Å². The summed E-state index contributed by atoms with van der Waals surface area (Å²) in [4.78, 5) is 2.56. The van der Waals surface area contributed by atoms with Gasteiger partial charge in [-0.1, -0.05) is 11.6 Å². The molecule has 2 aliphatic rings. The molecule has 1 aromatic carbocycles. The van der Waals surface area contributed by atoms with E-state index in [1.807, 2.05) is 0 Å². The van der Waals surface area contributed by atoms with Gasteiger partial charge in [0.05, 0.1) is 4.90 Å². The minimum absolute atomic E-state index is 0.217. The van der Waals surface area contributed by atoms with E-state index in [9.17, 15) is 12.8 Å². The third-order valence-electron chi connectivity index (χ3n) is 5.22. The van der Waals surface area contributed by atoms with Crippen LogP contribution in [0, 0.1) is 12.7 Å². The maximum Gasteiger partial charge on any atom is 0.243 e. The van der Waals surface area contributed by atoms with Gasteiger partial charge in [-0.05, 0) is 62.8 Å². The molecule has 0 spiro atoms. The second kappa shape index (κ2) is 7.98. The zero-order chi connectivity index (χ0) is 17.9. The van der Waals surface area contributed by atoms with Crippen LogP contribution in [0.2, 0.25) is 0 Å². The third kappa shape index (κ3) is 4.49. The van der Waals surface area contributed by atoms with E-state index in [-0.39, 0.29) is 4.90 Å². The lowest BCUT2D eigenvalue weighted by atomic mass is 9.97. The molecule has 138 valence electrons. The van der Waals surface area contributed by atoms with Crippen LogP contribution in [-0.4, -0.2) is 50.3 Å². The van der Waals surface area contributed by atoms with E-state index in [2.05, 4.69) is 11.0 Å². The molecule has 0 aromatic heterocycles. The average molecular weight is 367 g/mol. The van der Waals surface area contributed by atoms with E-state index < -0.39 is 15.8 Å². The summed E-state index contributed by atoms with van der Waals surface area (Å²) in [5, 5.41) is 0. The first-order chi connectivity index (χ1) is 12.0. The zero-order valence-electron chi connectivity index (χ0n) is 14.9. The monoisotopic (exact) mass is 366 g/mol. The number of hydrogen-bond acceptors (Lipinski definition) is 3. The third-order valence-corrected chi connectivity index (χ3v) is 7.28. The Morgan fingerprint density at radius 3 is 2.52 bits per heavy atom. The molecule has 6 heteroatoms. The fourth-order valence-electron chi connectivity index (χ4n) is 3.67. The fourth-order valence-corrected chi connectivity index (χ4v) is 5.30. The van der Waals surface area contributed by atoms with Gasteiger partial charge in [-0.3, -0.25) is 0 Å². The van der Waals surface area contributed by atoms with Crippen molar-refractivity contribution < 1.29 is 12.8 Å². The normalized spacial score (nSPS) is 20.5. The Labute approximate surface area is 150 Å². The topological polar surface area (TPSA) is 40.6 Å².